The number of carbonyl (C=O) groups is 1. The fraction of sp³-hybridized carbons (Fsp3) is 0.389. The molecule has 1 aromatic carbocycles. The molecule has 0 aliphatic carbocycles. The molecule has 0 saturated carbocycles. The highest BCUT2D eigenvalue weighted by atomic mass is 19.1. The van der Waals surface area contributed by atoms with Crippen molar-refractivity contribution in [1.29, 1.82) is 0 Å². The Labute approximate surface area is 145 Å². The molecule has 1 aliphatic rings. The van der Waals surface area contributed by atoms with Gasteiger partial charge in [-0.05, 0) is 37.4 Å². The van der Waals surface area contributed by atoms with Crippen LogP contribution in [0.15, 0.2) is 41.3 Å². The number of carbonyl (C=O) groups excluding carboxylic acids is 1. The average Bonchev–Trinajstić information content (AvgIpc) is 2.63. The van der Waals surface area contributed by atoms with Gasteiger partial charge in [0.1, 0.15) is 12.4 Å². The molecule has 0 spiro atoms. The Balaban J connectivity index is 1.70. The van der Waals surface area contributed by atoms with Crippen molar-refractivity contribution >= 4 is 11.5 Å². The van der Waals surface area contributed by atoms with E-state index in [0.717, 1.165) is 42.4 Å². The molecule has 3 rings (SSSR count). The largest absolute Gasteiger partial charge is 0.370 e. The number of anilines is 1. The van der Waals surface area contributed by atoms with Crippen LogP contribution >= 0.6 is 0 Å². The van der Waals surface area contributed by atoms with Gasteiger partial charge in [0.05, 0.1) is 11.9 Å². The highest BCUT2D eigenvalue weighted by Gasteiger charge is 2.19. The molecule has 1 saturated heterocycles. The van der Waals surface area contributed by atoms with Crippen molar-refractivity contribution < 1.29 is 9.18 Å². The Kier molecular flexibility index (Phi) is 5.23. The zero-order valence-electron chi connectivity index (χ0n) is 13.9. The van der Waals surface area contributed by atoms with E-state index in [1.54, 1.807) is 6.20 Å². The lowest BCUT2D eigenvalue weighted by atomic mass is 9.97. The second-order valence-electron chi connectivity index (χ2n) is 6.31. The molecule has 7 heteroatoms. The minimum atomic E-state index is -0.484. The summed E-state index contributed by atoms with van der Waals surface area (Å²) in [5, 5.41) is 4.10. The molecular weight excluding hydrogens is 323 g/mol. The summed E-state index contributed by atoms with van der Waals surface area (Å²) in [6.07, 6.45) is 3.60. The number of halogens is 1. The summed E-state index contributed by atoms with van der Waals surface area (Å²) in [5.41, 5.74) is 6.33. The molecule has 6 nitrogen and oxygen atoms in total. The number of aromatic nitrogens is 2. The van der Waals surface area contributed by atoms with Gasteiger partial charge in [0.25, 0.3) is 5.56 Å². The maximum absolute atomic E-state index is 13.2. The first-order chi connectivity index (χ1) is 12.1. The van der Waals surface area contributed by atoms with E-state index < -0.39 is 5.82 Å². The van der Waals surface area contributed by atoms with Crippen LogP contribution in [0.5, 0.6) is 0 Å². The van der Waals surface area contributed by atoms with Crippen LogP contribution in [0.2, 0.25) is 0 Å². The van der Waals surface area contributed by atoms with Crippen LogP contribution in [-0.2, 0) is 6.54 Å². The van der Waals surface area contributed by atoms with Crippen LogP contribution in [0, 0.1) is 11.7 Å². The van der Waals surface area contributed by atoms with Crippen molar-refractivity contribution in [2.75, 3.05) is 24.5 Å². The van der Waals surface area contributed by atoms with Crippen LogP contribution in [0.1, 0.15) is 23.2 Å². The number of nitrogens with zero attached hydrogens (tertiary/aromatic N) is 3. The maximum Gasteiger partial charge on any atom is 0.269 e. The van der Waals surface area contributed by atoms with Crippen LogP contribution < -0.4 is 16.2 Å². The number of ketones is 1. The zero-order valence-corrected chi connectivity index (χ0v) is 13.9. The van der Waals surface area contributed by atoms with Crippen molar-refractivity contribution in [2.24, 2.45) is 11.7 Å². The van der Waals surface area contributed by atoms with Gasteiger partial charge in [-0.15, -0.1) is 0 Å². The molecule has 1 aliphatic heterocycles. The standard InChI is InChI=1S/C18H21FN4O2/c19-15-3-1-2-14(8-15)17(24)12-23-18(25)9-16(11-21-23)22-6-4-13(10-20)5-7-22/h1-3,8-9,11,13H,4-7,10,12,20H2. The molecule has 1 aromatic heterocycles. The van der Waals surface area contributed by atoms with Gasteiger partial charge in [-0.25, -0.2) is 9.07 Å². The zero-order chi connectivity index (χ0) is 17.8. The minimum absolute atomic E-state index is 0.211. The molecule has 0 amide bonds. The third-order valence-electron chi connectivity index (χ3n) is 4.61. The lowest BCUT2D eigenvalue weighted by Gasteiger charge is -2.32. The number of nitrogens with two attached hydrogens (primary N) is 1. The molecule has 25 heavy (non-hydrogen) atoms. The highest BCUT2D eigenvalue weighted by molar-refractivity contribution is 5.95. The Morgan fingerprint density at radius 1 is 1.28 bits per heavy atom. The summed E-state index contributed by atoms with van der Waals surface area (Å²) in [6.45, 7) is 2.16. The summed E-state index contributed by atoms with van der Waals surface area (Å²) < 4.78 is 14.3. The van der Waals surface area contributed by atoms with Gasteiger partial charge in [0.2, 0.25) is 0 Å². The van der Waals surface area contributed by atoms with E-state index in [2.05, 4.69) is 10.00 Å². The molecule has 2 aromatic rings. The van der Waals surface area contributed by atoms with E-state index in [-0.39, 0.29) is 23.5 Å². The number of Topliss-reactive ketones (excluding diaryl/α,β-unsaturated/α-hetero) is 1. The van der Waals surface area contributed by atoms with Gasteiger partial charge >= 0.3 is 0 Å². The van der Waals surface area contributed by atoms with Crippen molar-refractivity contribution in [2.45, 2.75) is 19.4 Å². The monoisotopic (exact) mass is 344 g/mol. The molecule has 132 valence electrons. The van der Waals surface area contributed by atoms with Crippen molar-refractivity contribution in [3.8, 4) is 0 Å². The Bertz CT molecular complexity index is 813. The summed E-state index contributed by atoms with van der Waals surface area (Å²) in [4.78, 5) is 26.6. The van der Waals surface area contributed by atoms with Gasteiger partial charge in [-0.3, -0.25) is 9.59 Å². The quantitative estimate of drug-likeness (QED) is 0.830. The highest BCUT2D eigenvalue weighted by Crippen LogP contribution is 2.20. The van der Waals surface area contributed by atoms with Crippen LogP contribution in [0.4, 0.5) is 10.1 Å². The normalized spacial score (nSPS) is 15.4. The summed E-state index contributed by atoms with van der Waals surface area (Å²) in [5.74, 6) is -0.304. The molecule has 0 radical (unpaired) electrons. The Morgan fingerprint density at radius 2 is 2.04 bits per heavy atom. The smallest absolute Gasteiger partial charge is 0.269 e. The molecular formula is C18H21FN4O2. The first kappa shape index (κ1) is 17.3. The second kappa shape index (κ2) is 7.57. The Hall–Kier alpha value is -2.54. The van der Waals surface area contributed by atoms with E-state index in [0.29, 0.717) is 12.5 Å². The number of rotatable bonds is 5. The topological polar surface area (TPSA) is 81.2 Å². The van der Waals surface area contributed by atoms with E-state index in [1.807, 2.05) is 0 Å². The van der Waals surface area contributed by atoms with Crippen LogP contribution in [0.25, 0.3) is 0 Å². The van der Waals surface area contributed by atoms with Gasteiger partial charge < -0.3 is 10.6 Å². The lowest BCUT2D eigenvalue weighted by molar-refractivity contribution is 0.0965. The summed E-state index contributed by atoms with van der Waals surface area (Å²) in [6, 6.07) is 6.90. The second-order valence-corrected chi connectivity index (χ2v) is 6.31. The SMILES string of the molecule is NCC1CCN(c2cnn(CC(=O)c3cccc(F)c3)c(=O)c2)CC1. The molecule has 2 heterocycles. The fourth-order valence-corrected chi connectivity index (χ4v) is 3.03. The molecule has 0 atom stereocenters. The van der Waals surface area contributed by atoms with E-state index in [1.165, 1.54) is 24.3 Å². The Morgan fingerprint density at radius 3 is 2.68 bits per heavy atom. The van der Waals surface area contributed by atoms with Gasteiger partial charge in [-0.2, -0.15) is 5.10 Å². The number of hydrogen-bond acceptors (Lipinski definition) is 5. The van der Waals surface area contributed by atoms with E-state index in [4.69, 9.17) is 5.73 Å². The summed E-state index contributed by atoms with van der Waals surface area (Å²) >= 11 is 0. The predicted octanol–water partition coefficient (Wildman–Crippen LogP) is 1.44. The minimum Gasteiger partial charge on any atom is -0.370 e. The molecule has 0 bridgehead atoms. The first-order valence-electron chi connectivity index (χ1n) is 8.38. The van der Waals surface area contributed by atoms with E-state index >= 15 is 0 Å². The van der Waals surface area contributed by atoms with Crippen molar-refractivity contribution in [3.05, 3.63) is 58.3 Å². The van der Waals surface area contributed by atoms with Gasteiger partial charge in [0, 0.05) is 24.7 Å². The number of benzene rings is 1. The predicted molar refractivity (Wildman–Crippen MR) is 93.2 cm³/mol. The van der Waals surface area contributed by atoms with Crippen molar-refractivity contribution in [3.63, 3.8) is 0 Å². The van der Waals surface area contributed by atoms with Crippen molar-refractivity contribution in [1.82, 2.24) is 9.78 Å². The maximum atomic E-state index is 13.2. The number of piperidine rings is 1. The molecule has 1 fully saturated rings. The molecule has 0 unspecified atom stereocenters. The third-order valence-corrected chi connectivity index (χ3v) is 4.61. The first-order valence-corrected chi connectivity index (χ1v) is 8.38. The third kappa shape index (κ3) is 4.11. The fourth-order valence-electron chi connectivity index (χ4n) is 3.03. The van der Waals surface area contributed by atoms with Gasteiger partial charge in [-0.1, -0.05) is 12.1 Å². The summed E-state index contributed by atoms with van der Waals surface area (Å²) in [7, 11) is 0. The van der Waals surface area contributed by atoms with E-state index in [9.17, 15) is 14.0 Å². The molecule has 2 N–H and O–H groups in total. The van der Waals surface area contributed by atoms with Crippen LogP contribution in [0.3, 0.4) is 0 Å². The van der Waals surface area contributed by atoms with Gasteiger partial charge in [0.15, 0.2) is 5.78 Å². The number of hydrogen-bond donors (Lipinski definition) is 1. The lowest BCUT2D eigenvalue weighted by Crippen LogP contribution is -2.37. The van der Waals surface area contributed by atoms with Crippen LogP contribution in [-0.4, -0.2) is 35.2 Å². The average molecular weight is 344 g/mol.